The molecule has 1 aromatic carbocycles. The van der Waals surface area contributed by atoms with Gasteiger partial charge < -0.3 is 20.5 Å². The van der Waals surface area contributed by atoms with Crippen molar-refractivity contribution in [2.75, 3.05) is 25.1 Å². The van der Waals surface area contributed by atoms with Gasteiger partial charge in [0, 0.05) is 5.69 Å². The van der Waals surface area contributed by atoms with Gasteiger partial charge in [-0.2, -0.15) is 0 Å². The Bertz CT molecular complexity index is 1060. The normalized spacial score (nSPS) is 18.1. The van der Waals surface area contributed by atoms with Gasteiger partial charge in [-0.15, -0.1) is 5.92 Å². The predicted octanol–water partition coefficient (Wildman–Crippen LogP) is 2.09. The van der Waals surface area contributed by atoms with Crippen LogP contribution in [-0.4, -0.2) is 41.5 Å². The molecule has 0 saturated heterocycles. The monoisotopic (exact) mass is 415 g/mol. The van der Waals surface area contributed by atoms with Crippen molar-refractivity contribution in [2.24, 2.45) is 10.7 Å². The molecule has 2 aromatic rings. The van der Waals surface area contributed by atoms with Crippen LogP contribution in [0.1, 0.15) is 28.7 Å². The Hall–Kier alpha value is -3.58. The van der Waals surface area contributed by atoms with Crippen molar-refractivity contribution in [3.8, 4) is 17.7 Å². The lowest BCUT2D eigenvalue weighted by molar-refractivity contribution is 0.0170. The molecule has 156 valence electrons. The molecule has 0 spiro atoms. The van der Waals surface area contributed by atoms with Crippen LogP contribution in [0, 0.1) is 24.6 Å². The van der Waals surface area contributed by atoms with Crippen molar-refractivity contribution in [3.63, 3.8) is 0 Å². The molecule has 1 aliphatic rings. The lowest BCUT2D eigenvalue weighted by atomic mass is 10.0. The second-order valence-electron chi connectivity index (χ2n) is 6.36. The molecule has 0 unspecified atom stereocenters. The maximum Gasteiger partial charge on any atom is 0.276 e. The molecule has 8 nitrogen and oxygen atoms in total. The number of rotatable bonds is 5. The third-order valence-corrected chi connectivity index (χ3v) is 4.11. The Morgan fingerprint density at radius 3 is 2.97 bits per heavy atom. The lowest BCUT2D eigenvalue weighted by Gasteiger charge is -2.26. The van der Waals surface area contributed by atoms with Crippen molar-refractivity contribution in [1.29, 1.82) is 0 Å². The van der Waals surface area contributed by atoms with E-state index >= 15 is 4.39 Å². The zero-order valence-corrected chi connectivity index (χ0v) is 16.3. The summed E-state index contributed by atoms with van der Waals surface area (Å²) in [4.78, 5) is 24.5. The van der Waals surface area contributed by atoms with E-state index in [0.717, 1.165) is 12.1 Å². The molecule has 1 amide bonds. The summed E-state index contributed by atoms with van der Waals surface area (Å²) in [5.41, 5.74) is 5.62. The van der Waals surface area contributed by atoms with Crippen LogP contribution in [0.2, 0.25) is 0 Å². The van der Waals surface area contributed by atoms with Gasteiger partial charge in [0.25, 0.3) is 11.7 Å². The molecule has 3 N–H and O–H groups in total. The first-order valence-electron chi connectivity index (χ1n) is 8.90. The number of alkyl halides is 1. The van der Waals surface area contributed by atoms with E-state index in [-0.39, 0.29) is 36.3 Å². The summed E-state index contributed by atoms with van der Waals surface area (Å²) >= 11 is 0. The maximum absolute atomic E-state index is 15.1. The molecule has 0 fully saturated rings. The minimum atomic E-state index is -2.48. The first-order chi connectivity index (χ1) is 14.3. The highest BCUT2D eigenvalue weighted by molar-refractivity contribution is 6.03. The largest absolute Gasteiger partial charge is 0.463 e. The molecule has 0 aliphatic carbocycles. The minimum absolute atomic E-state index is 0.0352. The van der Waals surface area contributed by atoms with Gasteiger partial charge in [-0.1, -0.05) is 5.92 Å². The fraction of sp³-hybridized carbons (Fsp3) is 0.300. The predicted molar refractivity (Wildman–Crippen MR) is 105 cm³/mol. The highest BCUT2D eigenvalue weighted by Crippen LogP contribution is 2.34. The molecule has 1 aliphatic heterocycles. The molecule has 0 bridgehead atoms. The zero-order chi connectivity index (χ0) is 21.7. The van der Waals surface area contributed by atoms with E-state index < -0.39 is 29.7 Å². The van der Waals surface area contributed by atoms with Crippen LogP contribution in [0.3, 0.4) is 0 Å². The molecule has 0 saturated carbocycles. The summed E-state index contributed by atoms with van der Waals surface area (Å²) in [5, 5.41) is 2.55. The number of benzene rings is 1. The van der Waals surface area contributed by atoms with Crippen LogP contribution in [0.25, 0.3) is 0 Å². The number of halogens is 2. The summed E-state index contributed by atoms with van der Waals surface area (Å²) in [6.45, 7) is 2.89. The summed E-state index contributed by atoms with van der Waals surface area (Å²) in [6, 6.07) is 3.46. The van der Waals surface area contributed by atoms with Crippen molar-refractivity contribution >= 4 is 17.4 Å². The van der Waals surface area contributed by atoms with Crippen LogP contribution in [0.15, 0.2) is 29.4 Å². The summed E-state index contributed by atoms with van der Waals surface area (Å²) in [7, 11) is 0. The van der Waals surface area contributed by atoms with Gasteiger partial charge in [0.15, 0.2) is 6.61 Å². The van der Waals surface area contributed by atoms with Crippen molar-refractivity contribution in [3.05, 3.63) is 47.2 Å². The second-order valence-corrected chi connectivity index (χ2v) is 6.36. The summed E-state index contributed by atoms with van der Waals surface area (Å²) < 4.78 is 39.7. The average molecular weight is 415 g/mol. The third-order valence-electron chi connectivity index (χ3n) is 4.11. The number of anilines is 1. The molecule has 1 atom stereocenters. The molecule has 10 heteroatoms. The Labute approximate surface area is 171 Å². The minimum Gasteiger partial charge on any atom is -0.463 e. The number of aromatic nitrogens is 2. The number of amidine groups is 1. The van der Waals surface area contributed by atoms with Crippen LogP contribution in [-0.2, 0) is 10.5 Å². The van der Waals surface area contributed by atoms with Crippen molar-refractivity contribution < 1.29 is 23.0 Å². The fourth-order valence-corrected chi connectivity index (χ4v) is 2.74. The fourth-order valence-electron chi connectivity index (χ4n) is 2.74. The molecule has 1 aromatic heterocycles. The first kappa shape index (κ1) is 21.1. The molecule has 2 heterocycles. The van der Waals surface area contributed by atoms with Crippen molar-refractivity contribution in [2.45, 2.75) is 19.6 Å². The number of nitrogens with two attached hydrogens (primary N) is 1. The van der Waals surface area contributed by atoms with Crippen molar-refractivity contribution in [1.82, 2.24) is 9.97 Å². The number of ether oxygens (including phenoxy) is 2. The quantitative estimate of drug-likeness (QED) is 0.571. The Morgan fingerprint density at radius 1 is 1.47 bits per heavy atom. The number of carbonyl (C=O) groups is 1. The van der Waals surface area contributed by atoms with Gasteiger partial charge in [-0.25, -0.2) is 23.7 Å². The van der Waals surface area contributed by atoms with Crippen LogP contribution in [0.5, 0.6) is 5.88 Å². The highest BCUT2D eigenvalue weighted by atomic mass is 19.2. The number of hydrogen-bond donors (Lipinski definition) is 2. The lowest BCUT2D eigenvalue weighted by Crippen LogP contribution is -2.37. The summed E-state index contributed by atoms with van der Waals surface area (Å²) in [5.74, 6) is 1.61. The highest BCUT2D eigenvalue weighted by Gasteiger charge is 2.38. The number of aliphatic imine (C=N–C) groups is 1. The van der Waals surface area contributed by atoms with Crippen LogP contribution >= 0.6 is 0 Å². The smallest absolute Gasteiger partial charge is 0.276 e. The number of nitrogens with zero attached hydrogens (tertiary/aromatic N) is 3. The first-order valence-corrected chi connectivity index (χ1v) is 8.90. The number of hydrogen-bond acceptors (Lipinski definition) is 7. The number of amides is 1. The van der Waals surface area contributed by atoms with Gasteiger partial charge in [-0.05, 0) is 32.0 Å². The molecule has 3 rings (SSSR count). The average Bonchev–Trinajstić information content (AvgIpc) is 2.69. The third kappa shape index (κ3) is 4.69. The van der Waals surface area contributed by atoms with E-state index in [1.165, 1.54) is 12.3 Å². The molecular formula is C20H19F2N5O3. The Kier molecular flexibility index (Phi) is 6.23. The molecule has 30 heavy (non-hydrogen) atoms. The number of aryl methyl sites for hydroxylation is 1. The van der Waals surface area contributed by atoms with E-state index in [1.807, 2.05) is 0 Å². The van der Waals surface area contributed by atoms with E-state index in [1.54, 1.807) is 13.8 Å². The van der Waals surface area contributed by atoms with Crippen LogP contribution < -0.4 is 15.8 Å². The SMILES string of the molecule is CC#CCOc1cnc(C(=O)Nc2ccc(F)c([C@]3(F)COCC(N)=N3)c2)c(C)n1. The van der Waals surface area contributed by atoms with Gasteiger partial charge in [0.1, 0.15) is 30.6 Å². The number of nitrogens with one attached hydrogen (secondary N) is 1. The van der Waals surface area contributed by atoms with E-state index in [0.29, 0.717) is 5.69 Å². The molecular weight excluding hydrogens is 396 g/mol. The number of carbonyl (C=O) groups excluding carboxylic acids is 1. The Morgan fingerprint density at radius 2 is 2.27 bits per heavy atom. The van der Waals surface area contributed by atoms with E-state index in [2.05, 4.69) is 32.1 Å². The zero-order valence-electron chi connectivity index (χ0n) is 16.3. The van der Waals surface area contributed by atoms with E-state index in [9.17, 15) is 9.18 Å². The summed E-state index contributed by atoms with van der Waals surface area (Å²) in [6.07, 6.45) is 1.29. The van der Waals surface area contributed by atoms with Crippen LogP contribution in [0.4, 0.5) is 14.5 Å². The van der Waals surface area contributed by atoms with Gasteiger partial charge in [0.05, 0.1) is 17.5 Å². The van der Waals surface area contributed by atoms with E-state index in [4.69, 9.17) is 15.2 Å². The second kappa shape index (κ2) is 8.84. The topological polar surface area (TPSA) is 112 Å². The standard InChI is InChI=1S/C20H19F2N5O3/c1-3-4-7-30-17-9-24-18(12(2)25-17)19(28)26-13-5-6-15(21)14(8-13)20(22)11-29-10-16(23)27-20/h5-6,8-9H,7,10-11H2,1-2H3,(H2,23,27)(H,26,28)/t20-/m0/s1. The Balaban J connectivity index is 1.80. The molecule has 0 radical (unpaired) electrons. The van der Waals surface area contributed by atoms with Gasteiger partial charge in [0.2, 0.25) is 5.88 Å². The maximum atomic E-state index is 15.1. The van der Waals surface area contributed by atoms with Gasteiger partial charge >= 0.3 is 0 Å². The van der Waals surface area contributed by atoms with Gasteiger partial charge in [-0.3, -0.25) is 4.79 Å².